The fourth-order valence-electron chi connectivity index (χ4n) is 2.14. The Balaban J connectivity index is 2.14. The third kappa shape index (κ3) is 4.97. The molecule has 0 radical (unpaired) electrons. The van der Waals surface area contributed by atoms with E-state index in [0.717, 1.165) is 5.56 Å². The van der Waals surface area contributed by atoms with Gasteiger partial charge in [-0.1, -0.05) is 43.5 Å². The maximum atomic E-state index is 12.1. The van der Waals surface area contributed by atoms with Crippen molar-refractivity contribution in [2.45, 2.75) is 13.5 Å². The van der Waals surface area contributed by atoms with Crippen LogP contribution in [0.4, 0.5) is 16.6 Å². The number of aliphatic hydroxyl groups is 1. The summed E-state index contributed by atoms with van der Waals surface area (Å²) in [5, 5.41) is 11.8. The van der Waals surface area contributed by atoms with Crippen LogP contribution < -0.4 is 15.8 Å². The first-order chi connectivity index (χ1) is 12.4. The lowest BCUT2D eigenvalue weighted by atomic mass is 10.2. The van der Waals surface area contributed by atoms with Crippen LogP contribution in [-0.4, -0.2) is 27.7 Å². The highest BCUT2D eigenvalue weighted by Crippen LogP contribution is 2.16. The summed E-state index contributed by atoms with van der Waals surface area (Å²) >= 11 is 0. The van der Waals surface area contributed by atoms with Crippen molar-refractivity contribution in [1.82, 2.24) is 9.97 Å². The number of carbonyl (C=O) groups excluding carboxylic acids is 1. The number of rotatable bonds is 7. The number of amides is 1. The molecule has 0 unspecified atom stereocenters. The number of nitrogens with zero attached hydrogens (tertiary/aromatic N) is 2. The number of hydrogen-bond acceptors (Lipinski definition) is 6. The molecule has 0 aliphatic rings. The normalized spacial score (nSPS) is 10.0. The number of nitrogens with one attached hydrogen (secondary N) is 2. The van der Waals surface area contributed by atoms with Crippen LogP contribution in [0.15, 0.2) is 60.2 Å². The Kier molecular flexibility index (Phi) is 6.15. The summed E-state index contributed by atoms with van der Waals surface area (Å²) < 4.78 is 5.09. The zero-order valence-corrected chi connectivity index (χ0v) is 14.4. The van der Waals surface area contributed by atoms with Crippen molar-refractivity contribution < 1.29 is 14.6 Å². The molecule has 0 saturated heterocycles. The maximum absolute atomic E-state index is 12.1. The molecule has 1 aromatic carbocycles. The summed E-state index contributed by atoms with van der Waals surface area (Å²) in [5.74, 6) is 0.0320. The van der Waals surface area contributed by atoms with Crippen LogP contribution in [0, 0.1) is 6.92 Å². The van der Waals surface area contributed by atoms with E-state index in [0.29, 0.717) is 5.56 Å². The highest BCUT2D eigenvalue weighted by molar-refractivity contribution is 5.82. The Morgan fingerprint density at radius 1 is 1.42 bits per heavy atom. The molecule has 2 rings (SSSR count). The molecule has 0 aliphatic heterocycles. The molecular weight excluding hydrogens is 336 g/mol. The lowest BCUT2D eigenvalue weighted by Crippen LogP contribution is -2.27. The largest absolute Gasteiger partial charge is 0.511 e. The summed E-state index contributed by atoms with van der Waals surface area (Å²) in [6, 6.07) is 9.17. The fraction of sp³-hybridized carbons (Fsp3) is 0.167. The number of anilines is 2. The van der Waals surface area contributed by atoms with E-state index in [2.05, 4.69) is 28.4 Å². The molecule has 1 amide bonds. The summed E-state index contributed by atoms with van der Waals surface area (Å²) in [7, 11) is 0. The number of H-pyrrole nitrogens is 1. The van der Waals surface area contributed by atoms with Gasteiger partial charge in [-0.2, -0.15) is 4.98 Å². The van der Waals surface area contributed by atoms with Gasteiger partial charge < -0.3 is 14.7 Å². The zero-order chi connectivity index (χ0) is 19.1. The predicted molar refractivity (Wildman–Crippen MR) is 99.2 cm³/mol. The van der Waals surface area contributed by atoms with Gasteiger partial charge in [0, 0.05) is 0 Å². The van der Waals surface area contributed by atoms with Crippen LogP contribution in [0.25, 0.3) is 0 Å². The second kappa shape index (κ2) is 8.52. The maximum Gasteiger partial charge on any atom is 0.414 e. The summed E-state index contributed by atoms with van der Waals surface area (Å²) in [6.45, 7) is 8.69. The molecule has 2 aromatic rings. The van der Waals surface area contributed by atoms with Gasteiger partial charge in [-0.15, -0.1) is 0 Å². The van der Waals surface area contributed by atoms with Gasteiger partial charge >= 0.3 is 6.09 Å². The van der Waals surface area contributed by atoms with Crippen LogP contribution in [0.5, 0.6) is 0 Å². The molecule has 0 bridgehead atoms. The van der Waals surface area contributed by atoms with E-state index in [9.17, 15) is 14.7 Å². The van der Waals surface area contributed by atoms with Crippen molar-refractivity contribution in [3.8, 4) is 0 Å². The molecule has 0 spiro atoms. The lowest BCUT2D eigenvalue weighted by Gasteiger charge is -2.20. The second-order valence-electron chi connectivity index (χ2n) is 5.43. The van der Waals surface area contributed by atoms with E-state index < -0.39 is 11.7 Å². The van der Waals surface area contributed by atoms with Gasteiger partial charge in [0.05, 0.1) is 12.1 Å². The lowest BCUT2D eigenvalue weighted by molar-refractivity contribution is 0.155. The van der Waals surface area contributed by atoms with E-state index in [4.69, 9.17) is 4.74 Å². The average molecular weight is 356 g/mol. The third-order valence-electron chi connectivity index (χ3n) is 3.40. The van der Waals surface area contributed by atoms with Crippen molar-refractivity contribution in [2.24, 2.45) is 0 Å². The Hall–Kier alpha value is -3.55. The van der Waals surface area contributed by atoms with Crippen LogP contribution in [-0.2, 0) is 11.3 Å². The number of aromatic nitrogens is 2. The van der Waals surface area contributed by atoms with Gasteiger partial charge in [-0.25, -0.2) is 4.79 Å². The quantitative estimate of drug-likeness (QED) is 0.659. The van der Waals surface area contributed by atoms with E-state index in [1.165, 1.54) is 11.1 Å². The van der Waals surface area contributed by atoms with E-state index in [1.54, 1.807) is 6.92 Å². The van der Waals surface area contributed by atoms with Crippen LogP contribution in [0.2, 0.25) is 0 Å². The molecule has 0 saturated carbocycles. The second-order valence-corrected chi connectivity index (χ2v) is 5.43. The molecule has 0 aliphatic carbocycles. The SMILES string of the molecule is C=CN(CC(=C)O)c1nc(NC(=O)OCc2ccccc2)[nH]c(=O)c1C. The number of ether oxygens (including phenoxy) is 1. The number of carbonyl (C=O) groups is 1. The number of benzene rings is 1. The molecule has 136 valence electrons. The Labute approximate surface area is 150 Å². The molecule has 3 N–H and O–H groups in total. The van der Waals surface area contributed by atoms with E-state index in [1.807, 2.05) is 30.3 Å². The first-order valence-electron chi connectivity index (χ1n) is 7.75. The predicted octanol–water partition coefficient (Wildman–Crippen LogP) is 2.85. The molecule has 0 atom stereocenters. The van der Waals surface area contributed by atoms with Gasteiger partial charge in [0.25, 0.3) is 5.56 Å². The zero-order valence-electron chi connectivity index (χ0n) is 14.4. The minimum Gasteiger partial charge on any atom is -0.511 e. The molecule has 8 nitrogen and oxygen atoms in total. The van der Waals surface area contributed by atoms with Gasteiger partial charge in [0.1, 0.15) is 18.2 Å². The van der Waals surface area contributed by atoms with Crippen molar-refractivity contribution in [2.75, 3.05) is 16.8 Å². The molecule has 1 aromatic heterocycles. The number of hydrogen-bond donors (Lipinski definition) is 3. The van der Waals surface area contributed by atoms with Gasteiger partial charge in [0.15, 0.2) is 0 Å². The van der Waals surface area contributed by atoms with Crippen LogP contribution in [0.1, 0.15) is 11.1 Å². The summed E-state index contributed by atoms with van der Waals surface area (Å²) in [5.41, 5.74) is 0.686. The van der Waals surface area contributed by atoms with Crippen LogP contribution >= 0.6 is 0 Å². The minimum atomic E-state index is -0.761. The monoisotopic (exact) mass is 356 g/mol. The molecular formula is C18H20N4O4. The van der Waals surface area contributed by atoms with Gasteiger partial charge in [-0.05, 0) is 18.7 Å². The van der Waals surface area contributed by atoms with Gasteiger partial charge in [0.2, 0.25) is 5.95 Å². The highest BCUT2D eigenvalue weighted by Gasteiger charge is 2.15. The molecule has 1 heterocycles. The molecule has 26 heavy (non-hydrogen) atoms. The smallest absolute Gasteiger partial charge is 0.414 e. The van der Waals surface area contributed by atoms with E-state index in [-0.39, 0.29) is 30.7 Å². The Morgan fingerprint density at radius 2 is 2.12 bits per heavy atom. The summed E-state index contributed by atoms with van der Waals surface area (Å²) in [6.07, 6.45) is 0.636. The number of aromatic amines is 1. The molecule has 0 fully saturated rings. The molecule has 8 heteroatoms. The number of aliphatic hydroxyl groups excluding tert-OH is 1. The standard InChI is InChI=1S/C18H20N4O4/c1-4-22(10-12(2)23)15-13(3)16(24)20-17(19-15)21-18(25)26-11-14-8-6-5-7-9-14/h4-9,23H,1-2,10-11H2,3H3,(H2,19,20,21,24,25). The fourth-order valence-corrected chi connectivity index (χ4v) is 2.14. The average Bonchev–Trinajstić information content (AvgIpc) is 2.61. The minimum absolute atomic E-state index is 0.0126. The van der Waals surface area contributed by atoms with Crippen LogP contribution in [0.3, 0.4) is 0 Å². The van der Waals surface area contributed by atoms with Crippen molar-refractivity contribution >= 4 is 17.9 Å². The van der Waals surface area contributed by atoms with Gasteiger partial charge in [-0.3, -0.25) is 15.1 Å². The Morgan fingerprint density at radius 3 is 2.73 bits per heavy atom. The van der Waals surface area contributed by atoms with E-state index >= 15 is 0 Å². The third-order valence-corrected chi connectivity index (χ3v) is 3.40. The Bertz CT molecular complexity index is 861. The summed E-state index contributed by atoms with van der Waals surface area (Å²) in [4.78, 5) is 32.1. The van der Waals surface area contributed by atoms with Crippen molar-refractivity contribution in [3.63, 3.8) is 0 Å². The highest BCUT2D eigenvalue weighted by atomic mass is 16.5. The first-order valence-corrected chi connectivity index (χ1v) is 7.75. The van der Waals surface area contributed by atoms with Crippen molar-refractivity contribution in [1.29, 1.82) is 0 Å². The topological polar surface area (TPSA) is 108 Å². The first kappa shape index (κ1) is 18.8. The van der Waals surface area contributed by atoms with Crippen molar-refractivity contribution in [3.05, 3.63) is 76.9 Å².